The minimum absolute atomic E-state index is 0.147. The highest BCUT2D eigenvalue weighted by Crippen LogP contribution is 2.28. The number of aromatic amines is 2. The lowest BCUT2D eigenvalue weighted by Gasteiger charge is -1.94. The van der Waals surface area contributed by atoms with E-state index in [0.29, 0.717) is 16.0 Å². The van der Waals surface area contributed by atoms with E-state index in [2.05, 4.69) is 19.9 Å². The van der Waals surface area contributed by atoms with Crippen LogP contribution in [0.25, 0.3) is 20.8 Å². The number of nitrogens with two attached hydrogens (primary N) is 1. The number of fused-ring (bicyclic) bond motifs is 1. The summed E-state index contributed by atoms with van der Waals surface area (Å²) < 4.78 is 0.604. The van der Waals surface area contributed by atoms with Crippen molar-refractivity contribution in [3.8, 4) is 10.6 Å². The Labute approximate surface area is 99.5 Å². The highest BCUT2D eigenvalue weighted by atomic mass is 32.1. The molecule has 0 spiro atoms. The number of hydrogen-bond acceptors (Lipinski definition) is 5. The van der Waals surface area contributed by atoms with Crippen molar-refractivity contribution in [2.75, 3.05) is 0 Å². The van der Waals surface area contributed by atoms with Crippen molar-refractivity contribution in [2.45, 2.75) is 6.54 Å². The zero-order valence-corrected chi connectivity index (χ0v) is 9.54. The Morgan fingerprint density at radius 3 is 3.06 bits per heavy atom. The molecule has 4 N–H and O–H groups in total. The zero-order valence-electron chi connectivity index (χ0n) is 8.73. The molecular formula is C10H9N5OS. The van der Waals surface area contributed by atoms with E-state index in [4.69, 9.17) is 5.73 Å². The fraction of sp³-hybridized carbons (Fsp3) is 0.100. The number of nitrogens with one attached hydrogen (secondary N) is 2. The Morgan fingerprint density at radius 1 is 1.47 bits per heavy atom. The SMILES string of the molecule is NCc1nc2cc(-c3cnc[nH]3)sc2c(=O)[nH]1. The molecule has 0 saturated heterocycles. The van der Waals surface area contributed by atoms with Gasteiger partial charge in [-0.3, -0.25) is 4.79 Å². The molecule has 0 aliphatic rings. The lowest BCUT2D eigenvalue weighted by Crippen LogP contribution is -2.12. The Kier molecular flexibility index (Phi) is 2.27. The van der Waals surface area contributed by atoms with E-state index in [1.807, 2.05) is 6.07 Å². The molecule has 3 aromatic rings. The Bertz CT molecular complexity index is 712. The van der Waals surface area contributed by atoms with Crippen LogP contribution < -0.4 is 11.3 Å². The average Bonchev–Trinajstić information content (AvgIpc) is 2.96. The second-order valence-electron chi connectivity index (χ2n) is 3.51. The zero-order chi connectivity index (χ0) is 11.8. The summed E-state index contributed by atoms with van der Waals surface area (Å²) in [4.78, 5) is 26.6. The molecule has 0 unspecified atom stereocenters. The van der Waals surface area contributed by atoms with Gasteiger partial charge < -0.3 is 15.7 Å². The smallest absolute Gasteiger partial charge is 0.268 e. The fourth-order valence-electron chi connectivity index (χ4n) is 1.61. The first-order chi connectivity index (χ1) is 8.28. The molecule has 3 rings (SSSR count). The van der Waals surface area contributed by atoms with Gasteiger partial charge in [0.1, 0.15) is 10.5 Å². The van der Waals surface area contributed by atoms with Crippen molar-refractivity contribution < 1.29 is 0 Å². The summed E-state index contributed by atoms with van der Waals surface area (Å²) in [5, 5.41) is 0. The standard InChI is InChI=1S/C10H9N5OS/c11-2-8-14-5-1-7(6-3-12-4-13-6)17-9(5)10(16)15-8/h1,3-4H,2,11H2,(H,12,13)(H,14,15,16). The Hall–Kier alpha value is -1.99. The van der Waals surface area contributed by atoms with Gasteiger partial charge in [-0.1, -0.05) is 0 Å². The van der Waals surface area contributed by atoms with Gasteiger partial charge >= 0.3 is 0 Å². The van der Waals surface area contributed by atoms with Gasteiger partial charge in [0, 0.05) is 0 Å². The minimum atomic E-state index is -0.147. The number of nitrogens with zero attached hydrogens (tertiary/aromatic N) is 2. The largest absolute Gasteiger partial charge is 0.344 e. The Morgan fingerprint density at radius 2 is 2.35 bits per heavy atom. The van der Waals surface area contributed by atoms with Crippen molar-refractivity contribution >= 4 is 21.6 Å². The topological polar surface area (TPSA) is 100 Å². The van der Waals surface area contributed by atoms with Crippen LogP contribution in [0.3, 0.4) is 0 Å². The number of rotatable bonds is 2. The number of H-pyrrole nitrogens is 2. The van der Waals surface area contributed by atoms with Gasteiger partial charge in [0.25, 0.3) is 5.56 Å². The summed E-state index contributed by atoms with van der Waals surface area (Å²) in [6.45, 7) is 0.223. The van der Waals surface area contributed by atoms with Crippen LogP contribution >= 0.6 is 11.3 Å². The van der Waals surface area contributed by atoms with Crippen LogP contribution in [0, 0.1) is 0 Å². The molecule has 0 fully saturated rings. The van der Waals surface area contributed by atoms with E-state index < -0.39 is 0 Å². The van der Waals surface area contributed by atoms with Crippen LogP contribution in [0.2, 0.25) is 0 Å². The lowest BCUT2D eigenvalue weighted by atomic mass is 10.3. The number of imidazole rings is 1. The predicted molar refractivity (Wildman–Crippen MR) is 65.7 cm³/mol. The summed E-state index contributed by atoms with van der Waals surface area (Å²) in [5.41, 5.74) is 6.87. The minimum Gasteiger partial charge on any atom is -0.344 e. The monoisotopic (exact) mass is 247 g/mol. The van der Waals surface area contributed by atoms with E-state index >= 15 is 0 Å². The molecule has 0 atom stereocenters. The molecule has 0 amide bonds. The first-order valence-electron chi connectivity index (χ1n) is 4.99. The highest BCUT2D eigenvalue weighted by Gasteiger charge is 2.10. The van der Waals surface area contributed by atoms with Crippen LogP contribution in [-0.2, 0) is 6.54 Å². The third kappa shape index (κ3) is 1.65. The number of hydrogen-bond donors (Lipinski definition) is 3. The Balaban J connectivity index is 2.26. The summed E-state index contributed by atoms with van der Waals surface area (Å²) in [7, 11) is 0. The predicted octanol–water partition coefficient (Wildman–Crippen LogP) is 0.833. The van der Waals surface area contributed by atoms with Gasteiger partial charge in [0.05, 0.1) is 35.2 Å². The van der Waals surface area contributed by atoms with E-state index in [-0.39, 0.29) is 12.1 Å². The first-order valence-corrected chi connectivity index (χ1v) is 5.81. The van der Waals surface area contributed by atoms with Crippen LogP contribution in [0.5, 0.6) is 0 Å². The van der Waals surface area contributed by atoms with Gasteiger partial charge in [-0.15, -0.1) is 11.3 Å². The molecule has 0 saturated carbocycles. The molecule has 6 nitrogen and oxygen atoms in total. The molecule has 7 heteroatoms. The summed E-state index contributed by atoms with van der Waals surface area (Å²) in [6.07, 6.45) is 3.31. The van der Waals surface area contributed by atoms with Crippen LogP contribution in [-0.4, -0.2) is 19.9 Å². The van der Waals surface area contributed by atoms with Crippen molar-refractivity contribution in [1.29, 1.82) is 0 Å². The van der Waals surface area contributed by atoms with Gasteiger partial charge in [-0.25, -0.2) is 9.97 Å². The second kappa shape index (κ2) is 3.79. The van der Waals surface area contributed by atoms with Crippen molar-refractivity contribution in [3.05, 3.63) is 34.8 Å². The highest BCUT2D eigenvalue weighted by molar-refractivity contribution is 7.22. The van der Waals surface area contributed by atoms with E-state index in [9.17, 15) is 4.79 Å². The molecule has 86 valence electrons. The van der Waals surface area contributed by atoms with Crippen LogP contribution in [0.1, 0.15) is 5.82 Å². The summed E-state index contributed by atoms with van der Waals surface area (Å²) >= 11 is 1.38. The van der Waals surface area contributed by atoms with Gasteiger partial charge in [-0.2, -0.15) is 0 Å². The molecule has 3 heterocycles. The third-order valence-corrected chi connectivity index (χ3v) is 3.55. The van der Waals surface area contributed by atoms with Crippen molar-refractivity contribution in [1.82, 2.24) is 19.9 Å². The van der Waals surface area contributed by atoms with E-state index in [1.165, 1.54) is 11.3 Å². The fourth-order valence-corrected chi connectivity index (χ4v) is 2.57. The summed E-state index contributed by atoms with van der Waals surface area (Å²) in [5.74, 6) is 0.497. The van der Waals surface area contributed by atoms with E-state index in [0.717, 1.165) is 10.6 Å². The first kappa shape index (κ1) is 10.2. The van der Waals surface area contributed by atoms with E-state index in [1.54, 1.807) is 12.5 Å². The quantitative estimate of drug-likeness (QED) is 0.624. The molecular weight excluding hydrogens is 238 g/mol. The van der Waals surface area contributed by atoms with Gasteiger partial charge in [0.15, 0.2) is 0 Å². The van der Waals surface area contributed by atoms with Crippen molar-refractivity contribution in [2.24, 2.45) is 5.73 Å². The molecule has 17 heavy (non-hydrogen) atoms. The molecule has 0 bridgehead atoms. The molecule has 0 radical (unpaired) electrons. The average molecular weight is 247 g/mol. The molecule has 3 aromatic heterocycles. The van der Waals surface area contributed by atoms with Crippen LogP contribution in [0.15, 0.2) is 23.4 Å². The van der Waals surface area contributed by atoms with Gasteiger partial charge in [-0.05, 0) is 6.07 Å². The maximum absolute atomic E-state index is 11.8. The number of aromatic nitrogens is 4. The van der Waals surface area contributed by atoms with Crippen LogP contribution in [0.4, 0.5) is 0 Å². The molecule has 0 aliphatic carbocycles. The van der Waals surface area contributed by atoms with Gasteiger partial charge in [0.2, 0.25) is 0 Å². The lowest BCUT2D eigenvalue weighted by molar-refractivity contribution is 0.915. The molecule has 0 aliphatic heterocycles. The second-order valence-corrected chi connectivity index (χ2v) is 4.56. The van der Waals surface area contributed by atoms with Crippen molar-refractivity contribution in [3.63, 3.8) is 0 Å². The number of thiophene rings is 1. The normalized spacial score (nSPS) is 11.1. The maximum atomic E-state index is 11.8. The molecule has 0 aromatic carbocycles. The summed E-state index contributed by atoms with van der Waals surface area (Å²) in [6, 6.07) is 1.86. The third-order valence-electron chi connectivity index (χ3n) is 2.39. The maximum Gasteiger partial charge on any atom is 0.268 e.